The first-order valence-corrected chi connectivity index (χ1v) is 7.86. The molecular weight excluding hydrogens is 310 g/mol. The summed E-state index contributed by atoms with van der Waals surface area (Å²) >= 11 is 0. The van der Waals surface area contributed by atoms with Crippen molar-refractivity contribution in [2.24, 2.45) is 0 Å². The van der Waals surface area contributed by atoms with E-state index in [-0.39, 0.29) is 18.0 Å². The second-order valence-corrected chi connectivity index (χ2v) is 5.35. The van der Waals surface area contributed by atoms with Crippen LogP contribution in [-0.4, -0.2) is 37.1 Å². The topological polar surface area (TPSA) is 96.5 Å². The molecule has 128 valence electrons. The monoisotopic (exact) mass is 331 g/mol. The number of anilines is 1. The number of urea groups is 1. The van der Waals surface area contributed by atoms with Gasteiger partial charge in [-0.2, -0.15) is 0 Å². The molecule has 0 saturated carbocycles. The molecule has 0 aromatic heterocycles. The number of hydrogen-bond donors (Lipinski definition) is 3. The first kappa shape index (κ1) is 17.5. The molecule has 1 aromatic carbocycles. The van der Waals surface area contributed by atoms with E-state index in [9.17, 15) is 14.4 Å². The zero-order valence-corrected chi connectivity index (χ0v) is 13.5. The van der Waals surface area contributed by atoms with Crippen LogP contribution in [-0.2, 0) is 14.3 Å². The van der Waals surface area contributed by atoms with Crippen LogP contribution in [0.5, 0.6) is 0 Å². The van der Waals surface area contributed by atoms with Crippen LogP contribution in [0.4, 0.5) is 10.5 Å². The molecule has 1 fully saturated rings. The quantitative estimate of drug-likeness (QED) is 0.545. The highest BCUT2D eigenvalue weighted by molar-refractivity contribution is 5.90. The van der Waals surface area contributed by atoms with Gasteiger partial charge in [0, 0.05) is 30.8 Å². The SMILES string of the molecule is CCOC(=O)/C=C/c1ccc(NC(=O)NC[C@H]2CCC(=O)N2)cc1. The van der Waals surface area contributed by atoms with Crippen molar-refractivity contribution in [3.05, 3.63) is 35.9 Å². The lowest BCUT2D eigenvalue weighted by molar-refractivity contribution is -0.137. The summed E-state index contributed by atoms with van der Waals surface area (Å²) in [6.07, 6.45) is 4.24. The van der Waals surface area contributed by atoms with E-state index in [2.05, 4.69) is 16.0 Å². The summed E-state index contributed by atoms with van der Waals surface area (Å²) in [7, 11) is 0. The van der Waals surface area contributed by atoms with E-state index in [0.29, 0.717) is 25.3 Å². The number of rotatable bonds is 6. The Morgan fingerprint density at radius 2 is 2.08 bits per heavy atom. The van der Waals surface area contributed by atoms with Gasteiger partial charge in [-0.25, -0.2) is 9.59 Å². The molecule has 7 nitrogen and oxygen atoms in total. The smallest absolute Gasteiger partial charge is 0.330 e. The zero-order chi connectivity index (χ0) is 17.4. The molecule has 24 heavy (non-hydrogen) atoms. The fourth-order valence-electron chi connectivity index (χ4n) is 2.25. The highest BCUT2D eigenvalue weighted by Crippen LogP contribution is 2.11. The van der Waals surface area contributed by atoms with Crippen molar-refractivity contribution in [2.45, 2.75) is 25.8 Å². The second kappa shape index (κ2) is 8.71. The molecule has 0 unspecified atom stereocenters. The van der Waals surface area contributed by atoms with Gasteiger partial charge >= 0.3 is 12.0 Å². The van der Waals surface area contributed by atoms with Gasteiger partial charge in [-0.3, -0.25) is 4.79 Å². The van der Waals surface area contributed by atoms with Crippen LogP contribution in [0.3, 0.4) is 0 Å². The van der Waals surface area contributed by atoms with Crippen molar-refractivity contribution in [3.63, 3.8) is 0 Å². The lowest BCUT2D eigenvalue weighted by atomic mass is 10.2. The van der Waals surface area contributed by atoms with Crippen LogP contribution >= 0.6 is 0 Å². The minimum atomic E-state index is -0.391. The average Bonchev–Trinajstić information content (AvgIpc) is 2.98. The number of nitrogens with one attached hydrogen (secondary N) is 3. The number of amides is 3. The van der Waals surface area contributed by atoms with Crippen molar-refractivity contribution in [1.82, 2.24) is 10.6 Å². The largest absolute Gasteiger partial charge is 0.463 e. The molecule has 3 N–H and O–H groups in total. The Morgan fingerprint density at radius 3 is 2.71 bits per heavy atom. The van der Waals surface area contributed by atoms with E-state index in [0.717, 1.165) is 12.0 Å². The third kappa shape index (κ3) is 5.75. The Hall–Kier alpha value is -2.83. The Kier molecular flexibility index (Phi) is 6.36. The van der Waals surface area contributed by atoms with Crippen molar-refractivity contribution < 1.29 is 19.1 Å². The Morgan fingerprint density at radius 1 is 1.33 bits per heavy atom. The van der Waals surface area contributed by atoms with Crippen LogP contribution in [0.1, 0.15) is 25.3 Å². The third-order valence-corrected chi connectivity index (χ3v) is 3.46. The van der Waals surface area contributed by atoms with Gasteiger partial charge in [-0.05, 0) is 37.1 Å². The van der Waals surface area contributed by atoms with Gasteiger partial charge in [0.15, 0.2) is 0 Å². The third-order valence-electron chi connectivity index (χ3n) is 3.46. The zero-order valence-electron chi connectivity index (χ0n) is 13.5. The minimum absolute atomic E-state index is 0.00126. The van der Waals surface area contributed by atoms with E-state index in [1.807, 2.05) is 0 Å². The summed E-state index contributed by atoms with van der Waals surface area (Å²) in [6.45, 7) is 2.49. The molecular formula is C17H21N3O4. The minimum Gasteiger partial charge on any atom is -0.463 e. The lowest BCUT2D eigenvalue weighted by Gasteiger charge is -2.12. The molecule has 0 radical (unpaired) electrons. The van der Waals surface area contributed by atoms with Crippen LogP contribution < -0.4 is 16.0 Å². The average molecular weight is 331 g/mol. The normalized spacial score (nSPS) is 16.7. The molecule has 3 amide bonds. The summed E-state index contributed by atoms with van der Waals surface area (Å²) in [5, 5.41) is 8.22. The van der Waals surface area contributed by atoms with Crippen LogP contribution in [0.15, 0.2) is 30.3 Å². The number of hydrogen-bond acceptors (Lipinski definition) is 4. The summed E-state index contributed by atoms with van der Waals surface area (Å²) in [4.78, 5) is 34.1. The highest BCUT2D eigenvalue weighted by Gasteiger charge is 2.20. The van der Waals surface area contributed by atoms with E-state index in [4.69, 9.17) is 4.74 Å². The number of esters is 1. The first-order valence-electron chi connectivity index (χ1n) is 7.86. The molecule has 0 bridgehead atoms. The predicted octanol–water partition coefficient (Wildman–Crippen LogP) is 1.66. The van der Waals surface area contributed by atoms with Gasteiger partial charge < -0.3 is 20.7 Å². The molecule has 1 saturated heterocycles. The predicted molar refractivity (Wildman–Crippen MR) is 90.3 cm³/mol. The fraction of sp³-hybridized carbons (Fsp3) is 0.353. The van der Waals surface area contributed by atoms with Gasteiger partial charge in [0.25, 0.3) is 0 Å². The number of ether oxygens (including phenoxy) is 1. The fourth-order valence-corrected chi connectivity index (χ4v) is 2.25. The number of benzene rings is 1. The van der Waals surface area contributed by atoms with Crippen LogP contribution in [0, 0.1) is 0 Å². The molecule has 0 spiro atoms. The van der Waals surface area contributed by atoms with E-state index in [1.165, 1.54) is 6.08 Å². The van der Waals surface area contributed by atoms with Gasteiger partial charge in [0.05, 0.1) is 6.61 Å². The van der Waals surface area contributed by atoms with Crippen molar-refractivity contribution in [3.8, 4) is 0 Å². The lowest BCUT2D eigenvalue weighted by Crippen LogP contribution is -2.40. The summed E-state index contributed by atoms with van der Waals surface area (Å²) in [6, 6.07) is 6.71. The van der Waals surface area contributed by atoms with Gasteiger partial charge in [-0.15, -0.1) is 0 Å². The standard InChI is InChI=1S/C17H21N3O4/c1-2-24-16(22)10-5-12-3-6-13(7-4-12)20-17(23)18-11-14-8-9-15(21)19-14/h3-7,10,14H,2,8-9,11H2,1H3,(H,19,21)(H2,18,20,23)/b10-5+/t14-/m1/s1. The Balaban J connectivity index is 1.77. The van der Waals surface area contributed by atoms with Crippen molar-refractivity contribution in [2.75, 3.05) is 18.5 Å². The van der Waals surface area contributed by atoms with Gasteiger partial charge in [0.1, 0.15) is 0 Å². The van der Waals surface area contributed by atoms with E-state index >= 15 is 0 Å². The van der Waals surface area contributed by atoms with Crippen LogP contribution in [0.2, 0.25) is 0 Å². The van der Waals surface area contributed by atoms with Crippen molar-refractivity contribution in [1.29, 1.82) is 0 Å². The molecule has 1 atom stereocenters. The van der Waals surface area contributed by atoms with Gasteiger partial charge in [0.2, 0.25) is 5.91 Å². The maximum absolute atomic E-state index is 11.8. The molecule has 1 aliphatic heterocycles. The second-order valence-electron chi connectivity index (χ2n) is 5.35. The van der Waals surface area contributed by atoms with Crippen LogP contribution in [0.25, 0.3) is 6.08 Å². The number of carbonyl (C=O) groups excluding carboxylic acids is 3. The Labute approximate surface area is 140 Å². The number of carbonyl (C=O) groups is 3. The molecule has 7 heteroatoms. The summed E-state index contributed by atoms with van der Waals surface area (Å²) in [5.74, 6) is -0.369. The molecule has 1 heterocycles. The maximum Gasteiger partial charge on any atom is 0.330 e. The maximum atomic E-state index is 11.8. The summed E-state index contributed by atoms with van der Waals surface area (Å²) in [5.41, 5.74) is 1.46. The van der Waals surface area contributed by atoms with Crippen molar-refractivity contribution >= 4 is 29.7 Å². The van der Waals surface area contributed by atoms with Gasteiger partial charge in [-0.1, -0.05) is 12.1 Å². The highest BCUT2D eigenvalue weighted by atomic mass is 16.5. The molecule has 1 aromatic rings. The van der Waals surface area contributed by atoms with E-state index in [1.54, 1.807) is 37.3 Å². The Bertz CT molecular complexity index is 625. The molecule has 1 aliphatic rings. The summed E-state index contributed by atoms with van der Waals surface area (Å²) < 4.78 is 4.80. The van der Waals surface area contributed by atoms with E-state index < -0.39 is 5.97 Å². The molecule has 0 aliphatic carbocycles. The first-order chi connectivity index (χ1) is 11.6. The molecule has 2 rings (SSSR count).